The monoisotopic (exact) mass is 346 g/mol. The van der Waals surface area contributed by atoms with Gasteiger partial charge in [0, 0.05) is 15.1 Å². The minimum Gasteiger partial charge on any atom is -0.166 e. The SMILES string of the molecule is FC(F)(F)c1c(Br)cccc1SCc1ccccc1. The molecule has 100 valence electrons. The van der Waals surface area contributed by atoms with Gasteiger partial charge in [0.2, 0.25) is 0 Å². The molecule has 2 aromatic rings. The van der Waals surface area contributed by atoms with Gasteiger partial charge in [0.25, 0.3) is 0 Å². The maximum Gasteiger partial charge on any atom is 0.418 e. The first kappa shape index (κ1) is 14.5. The zero-order valence-electron chi connectivity index (χ0n) is 9.75. The fourth-order valence-corrected chi connectivity index (χ4v) is 3.42. The van der Waals surface area contributed by atoms with E-state index in [1.54, 1.807) is 6.07 Å². The molecule has 0 spiro atoms. The zero-order valence-corrected chi connectivity index (χ0v) is 12.1. The molecule has 0 heterocycles. The summed E-state index contributed by atoms with van der Waals surface area (Å²) in [6, 6.07) is 14.0. The van der Waals surface area contributed by atoms with Crippen molar-refractivity contribution in [3.8, 4) is 0 Å². The number of halogens is 4. The summed E-state index contributed by atoms with van der Waals surface area (Å²) in [7, 11) is 0. The molecule has 0 bridgehead atoms. The van der Waals surface area contributed by atoms with Gasteiger partial charge < -0.3 is 0 Å². The lowest BCUT2D eigenvalue weighted by atomic mass is 10.2. The second kappa shape index (κ2) is 6.01. The highest BCUT2D eigenvalue weighted by Crippen LogP contribution is 2.41. The topological polar surface area (TPSA) is 0 Å². The molecule has 0 amide bonds. The van der Waals surface area contributed by atoms with Gasteiger partial charge in [-0.15, -0.1) is 11.8 Å². The largest absolute Gasteiger partial charge is 0.418 e. The van der Waals surface area contributed by atoms with Crippen LogP contribution >= 0.6 is 27.7 Å². The Morgan fingerprint density at radius 1 is 0.947 bits per heavy atom. The normalized spacial score (nSPS) is 11.6. The van der Waals surface area contributed by atoms with Crippen LogP contribution in [0.3, 0.4) is 0 Å². The summed E-state index contributed by atoms with van der Waals surface area (Å²) in [5.41, 5.74) is 0.400. The van der Waals surface area contributed by atoms with Gasteiger partial charge in [-0.25, -0.2) is 0 Å². The molecule has 0 unspecified atom stereocenters. The van der Waals surface area contributed by atoms with Crippen molar-refractivity contribution in [2.75, 3.05) is 0 Å². The van der Waals surface area contributed by atoms with Crippen molar-refractivity contribution < 1.29 is 13.2 Å². The number of benzene rings is 2. The van der Waals surface area contributed by atoms with Crippen LogP contribution in [0, 0.1) is 0 Å². The number of hydrogen-bond acceptors (Lipinski definition) is 1. The van der Waals surface area contributed by atoms with Gasteiger partial charge in [0.05, 0.1) is 5.56 Å². The first-order valence-electron chi connectivity index (χ1n) is 5.51. The summed E-state index contributed by atoms with van der Waals surface area (Å²) < 4.78 is 39.1. The summed E-state index contributed by atoms with van der Waals surface area (Å²) >= 11 is 4.17. The fourth-order valence-electron chi connectivity index (χ4n) is 1.64. The van der Waals surface area contributed by atoms with Crippen LogP contribution in [0.4, 0.5) is 13.2 Å². The Kier molecular flexibility index (Phi) is 4.58. The van der Waals surface area contributed by atoms with Crippen molar-refractivity contribution in [2.24, 2.45) is 0 Å². The molecule has 0 aliphatic heterocycles. The Morgan fingerprint density at radius 3 is 2.26 bits per heavy atom. The lowest BCUT2D eigenvalue weighted by molar-refractivity contribution is -0.140. The van der Waals surface area contributed by atoms with Crippen LogP contribution in [0.2, 0.25) is 0 Å². The van der Waals surface area contributed by atoms with Crippen LogP contribution in [-0.4, -0.2) is 0 Å². The molecule has 19 heavy (non-hydrogen) atoms. The van der Waals surface area contributed by atoms with Gasteiger partial charge in [-0.2, -0.15) is 13.2 Å². The van der Waals surface area contributed by atoms with E-state index < -0.39 is 11.7 Å². The molecule has 0 aliphatic rings. The molecule has 0 aromatic heterocycles. The predicted octanol–water partition coefficient (Wildman–Crippen LogP) is 5.76. The molecular formula is C14H10BrF3S. The van der Waals surface area contributed by atoms with Crippen molar-refractivity contribution in [2.45, 2.75) is 16.8 Å². The summed E-state index contributed by atoms with van der Waals surface area (Å²) in [5, 5.41) is 0. The molecule has 2 rings (SSSR count). The Morgan fingerprint density at radius 2 is 1.63 bits per heavy atom. The number of hydrogen-bond donors (Lipinski definition) is 0. The lowest BCUT2D eigenvalue weighted by Crippen LogP contribution is -2.08. The van der Waals surface area contributed by atoms with Gasteiger partial charge >= 0.3 is 6.18 Å². The van der Waals surface area contributed by atoms with E-state index in [2.05, 4.69) is 15.9 Å². The van der Waals surface area contributed by atoms with Gasteiger partial charge in [-0.3, -0.25) is 0 Å². The lowest BCUT2D eigenvalue weighted by Gasteiger charge is -2.14. The Bertz CT molecular complexity index is 552. The van der Waals surface area contributed by atoms with Crippen LogP contribution in [0.25, 0.3) is 0 Å². The molecular weight excluding hydrogens is 337 g/mol. The Labute approximate surface area is 122 Å². The minimum atomic E-state index is -4.35. The molecule has 0 nitrogen and oxygen atoms in total. The Balaban J connectivity index is 2.24. The van der Waals surface area contributed by atoms with Gasteiger partial charge in [0.1, 0.15) is 0 Å². The van der Waals surface area contributed by atoms with Gasteiger partial charge in [-0.05, 0) is 17.7 Å². The van der Waals surface area contributed by atoms with Gasteiger partial charge in [0.15, 0.2) is 0 Å². The molecule has 0 atom stereocenters. The summed E-state index contributed by atoms with van der Waals surface area (Å²) in [6.07, 6.45) is -4.35. The third-order valence-corrected chi connectivity index (χ3v) is 4.29. The zero-order chi connectivity index (χ0) is 13.9. The van der Waals surface area contributed by atoms with E-state index in [0.717, 1.165) is 5.56 Å². The van der Waals surface area contributed by atoms with Crippen LogP contribution in [0.1, 0.15) is 11.1 Å². The Hall–Kier alpha value is -0.940. The molecule has 0 N–H and O–H groups in total. The molecule has 2 aromatic carbocycles. The van der Waals surface area contributed by atoms with E-state index in [1.165, 1.54) is 23.9 Å². The smallest absolute Gasteiger partial charge is 0.166 e. The van der Waals surface area contributed by atoms with Crippen LogP contribution in [-0.2, 0) is 11.9 Å². The van der Waals surface area contributed by atoms with Crippen LogP contribution in [0.15, 0.2) is 57.9 Å². The fraction of sp³-hybridized carbons (Fsp3) is 0.143. The second-order valence-corrected chi connectivity index (χ2v) is 5.76. The van der Waals surface area contributed by atoms with Crippen molar-refractivity contribution in [3.05, 3.63) is 64.1 Å². The predicted molar refractivity (Wildman–Crippen MR) is 75.1 cm³/mol. The average molecular weight is 347 g/mol. The minimum absolute atomic E-state index is 0.0815. The summed E-state index contributed by atoms with van der Waals surface area (Å²) in [6.45, 7) is 0. The molecule has 0 saturated heterocycles. The van der Waals surface area contributed by atoms with Gasteiger partial charge in [-0.1, -0.05) is 52.3 Å². The third-order valence-electron chi connectivity index (χ3n) is 2.50. The molecule has 0 radical (unpaired) electrons. The average Bonchev–Trinajstić information content (AvgIpc) is 2.36. The van der Waals surface area contributed by atoms with E-state index in [-0.39, 0.29) is 9.37 Å². The maximum absolute atomic E-state index is 13.0. The van der Waals surface area contributed by atoms with E-state index in [1.807, 2.05) is 30.3 Å². The van der Waals surface area contributed by atoms with E-state index >= 15 is 0 Å². The van der Waals surface area contributed by atoms with Crippen molar-refractivity contribution in [1.29, 1.82) is 0 Å². The van der Waals surface area contributed by atoms with E-state index in [9.17, 15) is 13.2 Å². The molecule has 0 aliphatic carbocycles. The standard InChI is InChI=1S/C14H10BrF3S/c15-11-7-4-8-12(13(11)14(16,17)18)19-9-10-5-2-1-3-6-10/h1-8H,9H2. The second-order valence-electron chi connectivity index (χ2n) is 3.89. The first-order chi connectivity index (χ1) is 8.98. The van der Waals surface area contributed by atoms with Crippen molar-refractivity contribution in [3.63, 3.8) is 0 Å². The van der Waals surface area contributed by atoms with E-state index in [4.69, 9.17) is 0 Å². The molecule has 5 heteroatoms. The summed E-state index contributed by atoms with van der Waals surface area (Å²) in [4.78, 5) is 0.241. The highest BCUT2D eigenvalue weighted by molar-refractivity contribution is 9.10. The van der Waals surface area contributed by atoms with Crippen LogP contribution < -0.4 is 0 Å². The number of alkyl halides is 3. The quantitative estimate of drug-likeness (QED) is 0.636. The molecule has 0 fully saturated rings. The van der Waals surface area contributed by atoms with E-state index in [0.29, 0.717) is 5.75 Å². The molecule has 0 saturated carbocycles. The third kappa shape index (κ3) is 3.76. The highest BCUT2D eigenvalue weighted by Gasteiger charge is 2.35. The highest BCUT2D eigenvalue weighted by atomic mass is 79.9. The summed E-state index contributed by atoms with van der Waals surface area (Å²) in [5.74, 6) is 0.514. The van der Waals surface area contributed by atoms with Crippen molar-refractivity contribution >= 4 is 27.7 Å². The van der Waals surface area contributed by atoms with Crippen LogP contribution in [0.5, 0.6) is 0 Å². The number of thioether (sulfide) groups is 1. The number of rotatable bonds is 3. The maximum atomic E-state index is 13.0. The first-order valence-corrected chi connectivity index (χ1v) is 7.29. The van der Waals surface area contributed by atoms with Crippen molar-refractivity contribution in [1.82, 2.24) is 0 Å².